The molecule has 0 bridgehead atoms. The Bertz CT molecular complexity index is 682. The predicted molar refractivity (Wildman–Crippen MR) is 106 cm³/mol. The van der Waals surface area contributed by atoms with Gasteiger partial charge >= 0.3 is 0 Å². The van der Waals surface area contributed by atoms with Crippen molar-refractivity contribution in [3.63, 3.8) is 0 Å². The second kappa shape index (κ2) is 10.0. The highest BCUT2D eigenvalue weighted by Crippen LogP contribution is 2.19. The van der Waals surface area contributed by atoms with Crippen LogP contribution in [0.25, 0.3) is 0 Å². The smallest absolute Gasteiger partial charge is 0.191 e. The summed E-state index contributed by atoms with van der Waals surface area (Å²) in [5, 5.41) is 10.0. The molecule has 1 aromatic carbocycles. The number of para-hydroxylation sites is 1. The number of methoxy groups -OCH3 is 1. The van der Waals surface area contributed by atoms with Crippen molar-refractivity contribution in [3.05, 3.63) is 45.9 Å². The van der Waals surface area contributed by atoms with Crippen LogP contribution in [0, 0.1) is 0 Å². The average molecular weight is 361 g/mol. The predicted octanol–water partition coefficient (Wildman–Crippen LogP) is 3.57. The maximum atomic E-state index is 5.38. The van der Waals surface area contributed by atoms with E-state index in [1.165, 1.54) is 5.01 Å². The number of nitrogens with one attached hydrogen (secondary N) is 2. The zero-order chi connectivity index (χ0) is 18.1. The number of hydrogen-bond acceptors (Lipinski definition) is 4. The second-order valence-electron chi connectivity index (χ2n) is 6.02. The Morgan fingerprint density at radius 2 is 2.08 bits per heavy atom. The van der Waals surface area contributed by atoms with Gasteiger partial charge in [0, 0.05) is 36.4 Å². The van der Waals surface area contributed by atoms with Crippen molar-refractivity contribution in [1.29, 1.82) is 0 Å². The minimum Gasteiger partial charge on any atom is -0.496 e. The Hall–Kier alpha value is -2.08. The van der Waals surface area contributed by atoms with E-state index in [0.29, 0.717) is 12.5 Å². The zero-order valence-corrected chi connectivity index (χ0v) is 16.3. The fraction of sp³-hybridized carbons (Fsp3) is 0.474. The molecule has 0 saturated carbocycles. The third-order valence-corrected chi connectivity index (χ3v) is 4.88. The highest BCUT2D eigenvalue weighted by molar-refractivity contribution is 7.09. The molecule has 1 aromatic heterocycles. The summed E-state index contributed by atoms with van der Waals surface area (Å²) in [4.78, 5) is 9.32. The number of nitrogens with zero attached hydrogens (tertiary/aromatic N) is 2. The van der Waals surface area contributed by atoms with Gasteiger partial charge < -0.3 is 15.4 Å². The van der Waals surface area contributed by atoms with Crippen molar-refractivity contribution in [2.24, 2.45) is 4.99 Å². The van der Waals surface area contributed by atoms with Gasteiger partial charge in [-0.25, -0.2) is 9.98 Å². The molecule has 0 spiro atoms. The number of hydrogen-bond donors (Lipinski definition) is 2. The van der Waals surface area contributed by atoms with Crippen LogP contribution in [-0.4, -0.2) is 31.1 Å². The summed E-state index contributed by atoms with van der Waals surface area (Å²) in [6.07, 6.45) is 0.891. The molecular weight excluding hydrogens is 332 g/mol. The van der Waals surface area contributed by atoms with Crippen LogP contribution in [0.5, 0.6) is 5.75 Å². The molecular formula is C19H28N4OS. The molecule has 6 heteroatoms. The molecule has 0 fully saturated rings. The Morgan fingerprint density at radius 3 is 2.76 bits per heavy atom. The van der Waals surface area contributed by atoms with Gasteiger partial charge in [-0.15, -0.1) is 11.3 Å². The van der Waals surface area contributed by atoms with Crippen LogP contribution in [-0.2, 0) is 13.0 Å². The summed E-state index contributed by atoms with van der Waals surface area (Å²) in [7, 11) is 1.69. The zero-order valence-electron chi connectivity index (χ0n) is 15.5. The molecule has 0 aliphatic heterocycles. The fourth-order valence-corrected chi connectivity index (χ4v) is 3.22. The van der Waals surface area contributed by atoms with Crippen LogP contribution in [0.15, 0.2) is 34.6 Å². The highest BCUT2D eigenvalue weighted by atomic mass is 32.1. The van der Waals surface area contributed by atoms with Gasteiger partial charge in [0.15, 0.2) is 5.96 Å². The second-order valence-corrected chi connectivity index (χ2v) is 6.91. The maximum absolute atomic E-state index is 5.38. The number of guanidine groups is 1. The third-order valence-electron chi connectivity index (χ3n) is 3.68. The van der Waals surface area contributed by atoms with Crippen molar-refractivity contribution in [1.82, 2.24) is 15.6 Å². The Morgan fingerprint density at radius 1 is 1.28 bits per heavy atom. The highest BCUT2D eigenvalue weighted by Gasteiger charge is 2.06. The molecule has 1 heterocycles. The standard InChI is InChI=1S/C19H28N4OS/c1-5-20-19(22-12-15-8-6-7-9-17(15)24-4)21-11-10-16-13-25-18(23-16)14(2)3/h6-9,13-14H,5,10-12H2,1-4H3,(H2,20,21,22). The molecule has 0 amide bonds. The van der Waals surface area contributed by atoms with Crippen molar-refractivity contribution in [3.8, 4) is 5.75 Å². The van der Waals surface area contributed by atoms with Gasteiger partial charge in [-0.3, -0.25) is 0 Å². The topological polar surface area (TPSA) is 58.5 Å². The minimum absolute atomic E-state index is 0.492. The largest absolute Gasteiger partial charge is 0.496 e. The van der Waals surface area contributed by atoms with Crippen LogP contribution in [0.4, 0.5) is 0 Å². The van der Waals surface area contributed by atoms with Crippen LogP contribution in [0.1, 0.15) is 43.0 Å². The van der Waals surface area contributed by atoms with Crippen molar-refractivity contribution in [2.75, 3.05) is 20.2 Å². The van der Waals surface area contributed by atoms with Crippen LogP contribution >= 0.6 is 11.3 Å². The molecule has 5 nitrogen and oxygen atoms in total. The Labute approximate surface area is 154 Å². The number of aliphatic imine (C=N–C) groups is 1. The van der Waals surface area contributed by atoms with Crippen LogP contribution in [0.2, 0.25) is 0 Å². The molecule has 25 heavy (non-hydrogen) atoms. The number of benzene rings is 1. The number of thiazole rings is 1. The van der Waals surface area contributed by atoms with Gasteiger partial charge in [0.2, 0.25) is 0 Å². The van der Waals surface area contributed by atoms with Gasteiger partial charge in [0.25, 0.3) is 0 Å². The number of aromatic nitrogens is 1. The monoisotopic (exact) mass is 360 g/mol. The Balaban J connectivity index is 1.90. The first-order valence-corrected chi connectivity index (χ1v) is 9.60. The first kappa shape index (κ1) is 19.2. The number of ether oxygens (including phenoxy) is 1. The molecule has 0 unspecified atom stereocenters. The first-order valence-electron chi connectivity index (χ1n) is 8.72. The van der Waals surface area contributed by atoms with E-state index in [1.54, 1.807) is 18.4 Å². The van der Waals surface area contributed by atoms with E-state index < -0.39 is 0 Å². The Kier molecular flexibility index (Phi) is 7.73. The lowest BCUT2D eigenvalue weighted by atomic mass is 10.2. The van der Waals surface area contributed by atoms with E-state index in [4.69, 9.17) is 4.74 Å². The molecule has 0 saturated heterocycles. The van der Waals surface area contributed by atoms with E-state index in [2.05, 4.69) is 46.8 Å². The van der Waals surface area contributed by atoms with Crippen molar-refractivity contribution < 1.29 is 4.74 Å². The van der Waals surface area contributed by atoms with E-state index in [9.17, 15) is 0 Å². The van der Waals surface area contributed by atoms with E-state index in [-0.39, 0.29) is 0 Å². The molecule has 2 aromatic rings. The molecule has 0 aliphatic carbocycles. The SMILES string of the molecule is CCNC(=NCc1ccccc1OC)NCCc1csc(C(C)C)n1. The van der Waals surface area contributed by atoms with Gasteiger partial charge in [0.1, 0.15) is 5.75 Å². The molecule has 136 valence electrons. The summed E-state index contributed by atoms with van der Waals surface area (Å²) in [5.74, 6) is 2.17. The minimum atomic E-state index is 0.492. The lowest BCUT2D eigenvalue weighted by Crippen LogP contribution is -2.38. The summed E-state index contributed by atoms with van der Waals surface area (Å²) in [6, 6.07) is 7.96. The van der Waals surface area contributed by atoms with Gasteiger partial charge in [-0.2, -0.15) is 0 Å². The summed E-state index contributed by atoms with van der Waals surface area (Å²) in [6.45, 7) is 8.62. The van der Waals surface area contributed by atoms with Gasteiger partial charge in [0.05, 0.1) is 24.4 Å². The third kappa shape index (κ3) is 6.05. The van der Waals surface area contributed by atoms with Gasteiger partial charge in [-0.1, -0.05) is 32.0 Å². The molecule has 2 N–H and O–H groups in total. The summed E-state index contributed by atoms with van der Waals surface area (Å²) >= 11 is 1.74. The van der Waals surface area contributed by atoms with E-state index in [1.807, 2.05) is 24.3 Å². The first-order chi connectivity index (χ1) is 12.1. The lowest BCUT2D eigenvalue weighted by Gasteiger charge is -2.11. The summed E-state index contributed by atoms with van der Waals surface area (Å²) < 4.78 is 5.38. The molecule has 2 rings (SSSR count). The summed E-state index contributed by atoms with van der Waals surface area (Å²) in [5.41, 5.74) is 2.21. The molecule has 0 atom stereocenters. The van der Waals surface area contributed by atoms with E-state index >= 15 is 0 Å². The quantitative estimate of drug-likeness (QED) is 0.558. The van der Waals surface area contributed by atoms with Crippen LogP contribution < -0.4 is 15.4 Å². The average Bonchev–Trinajstić information content (AvgIpc) is 3.09. The fourth-order valence-electron chi connectivity index (χ4n) is 2.35. The van der Waals surface area contributed by atoms with Crippen molar-refractivity contribution >= 4 is 17.3 Å². The normalized spacial score (nSPS) is 11.6. The molecule has 0 aliphatic rings. The number of rotatable bonds is 8. The van der Waals surface area contributed by atoms with Crippen molar-refractivity contribution in [2.45, 2.75) is 39.7 Å². The lowest BCUT2D eigenvalue weighted by molar-refractivity contribution is 0.410. The van der Waals surface area contributed by atoms with Crippen LogP contribution in [0.3, 0.4) is 0 Å². The van der Waals surface area contributed by atoms with Gasteiger partial charge in [-0.05, 0) is 13.0 Å². The van der Waals surface area contributed by atoms with E-state index in [0.717, 1.165) is 42.5 Å². The molecule has 0 radical (unpaired) electrons. The maximum Gasteiger partial charge on any atom is 0.191 e.